The Bertz CT molecular complexity index is 1210. The van der Waals surface area contributed by atoms with Crippen molar-refractivity contribution in [3.63, 3.8) is 0 Å². The number of aliphatic hydroxyl groups is 1. The Morgan fingerprint density at radius 1 is 1.11 bits per heavy atom. The Morgan fingerprint density at radius 2 is 1.86 bits per heavy atom. The molecule has 1 saturated heterocycles. The number of rotatable bonds is 11. The molecule has 2 aromatic carbocycles. The topological polar surface area (TPSA) is 74.7 Å². The van der Waals surface area contributed by atoms with Crippen molar-refractivity contribution in [1.82, 2.24) is 15.2 Å². The van der Waals surface area contributed by atoms with Gasteiger partial charge in [0.1, 0.15) is 12.2 Å². The van der Waals surface area contributed by atoms with Crippen LogP contribution in [0.1, 0.15) is 49.3 Å². The monoisotopic (exact) mass is 509 g/mol. The van der Waals surface area contributed by atoms with E-state index in [-0.39, 0.29) is 19.1 Å². The van der Waals surface area contributed by atoms with Crippen LogP contribution in [0.3, 0.4) is 0 Å². The molecule has 196 valence electrons. The van der Waals surface area contributed by atoms with Gasteiger partial charge in [0.25, 0.3) is 5.91 Å². The molecule has 0 bridgehead atoms. The molecule has 37 heavy (non-hydrogen) atoms. The summed E-state index contributed by atoms with van der Waals surface area (Å²) in [6.07, 6.45) is 3.99. The number of aryl methyl sites for hydroxylation is 1. The van der Waals surface area contributed by atoms with Crippen LogP contribution < -0.4 is 10.1 Å². The molecule has 1 aliphatic carbocycles. The van der Waals surface area contributed by atoms with Crippen molar-refractivity contribution >= 4 is 16.7 Å². The van der Waals surface area contributed by atoms with Crippen LogP contribution in [-0.2, 0) is 11.2 Å². The highest BCUT2D eigenvalue weighted by molar-refractivity contribution is 5.84. The second-order valence-electron chi connectivity index (χ2n) is 10.2. The number of fused-ring (bicyclic) bond motifs is 1. The van der Waals surface area contributed by atoms with Gasteiger partial charge in [0, 0.05) is 30.8 Å². The lowest BCUT2D eigenvalue weighted by Gasteiger charge is -2.30. The van der Waals surface area contributed by atoms with Crippen molar-refractivity contribution < 1.29 is 23.4 Å². The Morgan fingerprint density at radius 3 is 2.57 bits per heavy atom. The molecule has 1 amide bonds. The summed E-state index contributed by atoms with van der Waals surface area (Å²) >= 11 is 0. The van der Waals surface area contributed by atoms with Crippen molar-refractivity contribution in [2.24, 2.45) is 0 Å². The average Bonchev–Trinajstić information content (AvgIpc) is 3.57. The molecule has 2 fully saturated rings. The summed E-state index contributed by atoms with van der Waals surface area (Å²) in [6.45, 7) is 1.90. The van der Waals surface area contributed by atoms with E-state index in [0.717, 1.165) is 55.1 Å². The zero-order valence-corrected chi connectivity index (χ0v) is 20.8. The minimum absolute atomic E-state index is 0.0664. The molecule has 2 N–H and O–H groups in total. The summed E-state index contributed by atoms with van der Waals surface area (Å²) in [6, 6.07) is 15.8. The van der Waals surface area contributed by atoms with Crippen LogP contribution in [-0.4, -0.2) is 58.6 Å². The molecule has 0 spiro atoms. The third-order valence-electron chi connectivity index (χ3n) is 7.14. The highest BCUT2D eigenvalue weighted by Gasteiger charge is 2.40. The lowest BCUT2D eigenvalue weighted by Crippen LogP contribution is -2.51. The molecule has 2 heterocycles. The smallest absolute Gasteiger partial charge is 0.324 e. The first-order valence-electron chi connectivity index (χ1n) is 13.1. The van der Waals surface area contributed by atoms with E-state index >= 15 is 8.78 Å². The molecule has 3 aromatic rings. The average molecular weight is 510 g/mol. The van der Waals surface area contributed by atoms with Gasteiger partial charge >= 0.3 is 5.92 Å². The first-order valence-corrected chi connectivity index (χ1v) is 13.1. The van der Waals surface area contributed by atoms with Crippen LogP contribution >= 0.6 is 0 Å². The number of pyridine rings is 1. The molecule has 1 aromatic heterocycles. The number of benzene rings is 2. The molecule has 5 rings (SSSR count). The number of aromatic nitrogens is 1. The third-order valence-corrected chi connectivity index (χ3v) is 7.14. The van der Waals surface area contributed by atoms with Crippen LogP contribution in [0.5, 0.6) is 5.88 Å². The van der Waals surface area contributed by atoms with Gasteiger partial charge in [-0.3, -0.25) is 4.79 Å². The fourth-order valence-corrected chi connectivity index (χ4v) is 4.78. The van der Waals surface area contributed by atoms with E-state index < -0.39 is 30.4 Å². The fourth-order valence-electron chi connectivity index (χ4n) is 4.78. The first kappa shape index (κ1) is 25.5. The van der Waals surface area contributed by atoms with Crippen molar-refractivity contribution in [1.29, 1.82) is 0 Å². The first-order chi connectivity index (χ1) is 17.9. The van der Waals surface area contributed by atoms with E-state index in [1.54, 1.807) is 12.1 Å². The van der Waals surface area contributed by atoms with Crippen LogP contribution in [0.15, 0.2) is 60.8 Å². The zero-order chi connectivity index (χ0) is 25.8. The van der Waals surface area contributed by atoms with Gasteiger partial charge in [-0.2, -0.15) is 8.78 Å². The standard InChI is InChI=1S/C29H33F2N3O3/c30-29(31,14-13-20-7-8-21-5-1-2-6-22(21)17-20)28(36)33-25(19-34-15-3-4-16-34)27(35)23-9-12-26(32-18-23)37-24-10-11-24/h1-2,5-9,12,17-18,24-25,27,35H,3-4,10-11,13-16,19H2,(H,33,36). The van der Waals surface area contributed by atoms with E-state index in [1.165, 1.54) is 6.20 Å². The predicted molar refractivity (Wildman–Crippen MR) is 138 cm³/mol. The number of likely N-dealkylation sites (tertiary alicyclic amines) is 1. The molecule has 2 atom stereocenters. The Balaban J connectivity index is 1.24. The fraction of sp³-hybridized carbons (Fsp3) is 0.448. The van der Waals surface area contributed by atoms with Crippen molar-refractivity contribution in [2.75, 3.05) is 19.6 Å². The van der Waals surface area contributed by atoms with Crippen molar-refractivity contribution in [3.8, 4) is 5.88 Å². The van der Waals surface area contributed by atoms with E-state index in [2.05, 4.69) is 15.2 Å². The van der Waals surface area contributed by atoms with E-state index in [1.807, 2.05) is 42.5 Å². The second kappa shape index (κ2) is 11.1. The van der Waals surface area contributed by atoms with Crippen molar-refractivity contribution in [3.05, 3.63) is 71.9 Å². The minimum Gasteiger partial charge on any atom is -0.474 e. The number of hydrogen-bond donors (Lipinski definition) is 2. The summed E-state index contributed by atoms with van der Waals surface area (Å²) in [5.41, 5.74) is 1.20. The third kappa shape index (κ3) is 6.62. The van der Waals surface area contributed by atoms with Gasteiger partial charge in [-0.1, -0.05) is 42.5 Å². The number of ether oxygens (including phenoxy) is 1. The predicted octanol–water partition coefficient (Wildman–Crippen LogP) is 4.66. The van der Waals surface area contributed by atoms with Crippen LogP contribution in [0, 0.1) is 0 Å². The van der Waals surface area contributed by atoms with Gasteiger partial charge in [0.15, 0.2) is 0 Å². The molecule has 6 nitrogen and oxygen atoms in total. The zero-order valence-electron chi connectivity index (χ0n) is 20.8. The second-order valence-corrected chi connectivity index (χ2v) is 10.2. The van der Waals surface area contributed by atoms with Gasteiger partial charge < -0.3 is 20.1 Å². The maximum atomic E-state index is 15.0. The van der Waals surface area contributed by atoms with Gasteiger partial charge in [-0.15, -0.1) is 0 Å². The Labute approximate surface area is 215 Å². The maximum absolute atomic E-state index is 15.0. The van der Waals surface area contributed by atoms with E-state index in [4.69, 9.17) is 4.74 Å². The number of nitrogens with one attached hydrogen (secondary N) is 1. The number of carbonyl (C=O) groups excluding carboxylic acids is 1. The normalized spacial score (nSPS) is 18.0. The molecular formula is C29H33F2N3O3. The molecule has 2 unspecified atom stereocenters. The summed E-state index contributed by atoms with van der Waals surface area (Å²) in [4.78, 5) is 19.1. The quantitative estimate of drug-likeness (QED) is 0.393. The number of carbonyl (C=O) groups is 1. The number of alkyl halides is 2. The number of hydrogen-bond acceptors (Lipinski definition) is 5. The number of nitrogens with zero attached hydrogens (tertiary/aromatic N) is 2. The summed E-state index contributed by atoms with van der Waals surface area (Å²) < 4.78 is 35.7. The summed E-state index contributed by atoms with van der Waals surface area (Å²) in [5.74, 6) is -4.47. The molecule has 1 saturated carbocycles. The molecule has 0 radical (unpaired) electrons. The molecular weight excluding hydrogens is 476 g/mol. The molecule has 2 aliphatic rings. The lowest BCUT2D eigenvalue weighted by molar-refractivity contribution is -0.148. The molecule has 8 heteroatoms. The van der Waals surface area contributed by atoms with E-state index in [9.17, 15) is 9.90 Å². The SMILES string of the molecule is O=C(NC(CN1CCCC1)C(O)c1ccc(OC2CC2)nc1)C(F)(F)CCc1ccc2ccccc2c1. The van der Waals surface area contributed by atoms with Gasteiger partial charge in [0.2, 0.25) is 5.88 Å². The highest BCUT2D eigenvalue weighted by Crippen LogP contribution is 2.28. The Hall–Kier alpha value is -3.10. The van der Waals surface area contributed by atoms with Crippen LogP contribution in [0.2, 0.25) is 0 Å². The summed E-state index contributed by atoms with van der Waals surface area (Å²) in [5, 5.41) is 15.6. The number of amides is 1. The van der Waals surface area contributed by atoms with Crippen molar-refractivity contribution in [2.45, 2.75) is 62.7 Å². The minimum atomic E-state index is -3.57. The van der Waals surface area contributed by atoms with Gasteiger partial charge in [-0.05, 0) is 67.6 Å². The Kier molecular flexibility index (Phi) is 7.67. The van der Waals surface area contributed by atoms with Crippen LogP contribution in [0.4, 0.5) is 8.78 Å². The largest absolute Gasteiger partial charge is 0.474 e. The van der Waals surface area contributed by atoms with Gasteiger partial charge in [-0.25, -0.2) is 4.98 Å². The number of aliphatic hydroxyl groups excluding tert-OH is 1. The molecule has 1 aliphatic heterocycles. The lowest BCUT2D eigenvalue weighted by atomic mass is 10.0. The number of halogens is 2. The van der Waals surface area contributed by atoms with Gasteiger partial charge in [0.05, 0.1) is 6.04 Å². The highest BCUT2D eigenvalue weighted by atomic mass is 19.3. The van der Waals surface area contributed by atoms with E-state index in [0.29, 0.717) is 11.4 Å². The van der Waals surface area contributed by atoms with Crippen LogP contribution in [0.25, 0.3) is 10.8 Å². The summed E-state index contributed by atoms with van der Waals surface area (Å²) in [7, 11) is 0. The maximum Gasteiger partial charge on any atom is 0.324 e.